The van der Waals surface area contributed by atoms with E-state index in [1.165, 1.54) is 6.42 Å². The normalized spacial score (nSPS) is 18.9. The number of amides is 2. The third-order valence-electron chi connectivity index (χ3n) is 3.50. The van der Waals surface area contributed by atoms with Crippen molar-refractivity contribution in [1.29, 1.82) is 0 Å². The van der Waals surface area contributed by atoms with Crippen LogP contribution in [-0.4, -0.2) is 29.2 Å². The van der Waals surface area contributed by atoms with Crippen molar-refractivity contribution < 1.29 is 14.7 Å². The molecule has 98 valence electrons. The Kier molecular flexibility index (Phi) is 4.78. The third-order valence-corrected chi connectivity index (χ3v) is 3.50. The molecule has 0 saturated heterocycles. The van der Waals surface area contributed by atoms with Gasteiger partial charge < -0.3 is 15.7 Å². The number of nitrogens with one attached hydrogen (secondary N) is 2. The Balaban J connectivity index is 2.23. The van der Waals surface area contributed by atoms with Gasteiger partial charge in [-0.1, -0.05) is 13.8 Å². The van der Waals surface area contributed by atoms with Crippen LogP contribution in [0.15, 0.2) is 0 Å². The van der Waals surface area contributed by atoms with E-state index in [1.54, 1.807) is 0 Å². The van der Waals surface area contributed by atoms with Gasteiger partial charge in [0.1, 0.15) is 0 Å². The van der Waals surface area contributed by atoms with Gasteiger partial charge in [0.2, 0.25) is 0 Å². The zero-order chi connectivity index (χ0) is 12.9. The molecule has 5 heteroatoms. The molecule has 0 aliphatic heterocycles. The summed E-state index contributed by atoms with van der Waals surface area (Å²) >= 11 is 0. The van der Waals surface area contributed by atoms with Crippen molar-refractivity contribution in [1.82, 2.24) is 10.6 Å². The van der Waals surface area contributed by atoms with E-state index in [0.717, 1.165) is 19.3 Å². The number of carboxylic acid groups (broad SMARTS) is 1. The van der Waals surface area contributed by atoms with Crippen molar-refractivity contribution >= 4 is 12.0 Å². The first-order valence-corrected chi connectivity index (χ1v) is 6.25. The van der Waals surface area contributed by atoms with Crippen LogP contribution in [0.3, 0.4) is 0 Å². The van der Waals surface area contributed by atoms with Gasteiger partial charge in [-0.05, 0) is 31.6 Å². The zero-order valence-electron chi connectivity index (χ0n) is 10.6. The fourth-order valence-corrected chi connectivity index (χ4v) is 2.09. The van der Waals surface area contributed by atoms with Crippen LogP contribution in [0.25, 0.3) is 0 Å². The first-order valence-electron chi connectivity index (χ1n) is 6.25. The van der Waals surface area contributed by atoms with Crippen molar-refractivity contribution in [2.24, 2.45) is 5.92 Å². The molecule has 0 radical (unpaired) electrons. The first kappa shape index (κ1) is 13.8. The van der Waals surface area contributed by atoms with Crippen molar-refractivity contribution in [2.45, 2.75) is 51.5 Å². The van der Waals surface area contributed by atoms with Crippen LogP contribution in [0.1, 0.15) is 46.0 Å². The molecule has 0 aromatic heterocycles. The molecule has 3 N–H and O–H groups in total. The van der Waals surface area contributed by atoms with Gasteiger partial charge in [-0.15, -0.1) is 0 Å². The lowest BCUT2D eigenvalue weighted by molar-refractivity contribution is -0.137. The van der Waals surface area contributed by atoms with Gasteiger partial charge in [-0.25, -0.2) is 4.79 Å². The van der Waals surface area contributed by atoms with Crippen LogP contribution in [0.4, 0.5) is 4.79 Å². The van der Waals surface area contributed by atoms with Gasteiger partial charge in [0.05, 0.1) is 0 Å². The molecule has 1 aliphatic rings. The van der Waals surface area contributed by atoms with Crippen LogP contribution < -0.4 is 10.6 Å². The maximum Gasteiger partial charge on any atom is 0.315 e. The Bertz CT molecular complexity index is 282. The van der Waals surface area contributed by atoms with Crippen LogP contribution in [-0.2, 0) is 4.79 Å². The first-order chi connectivity index (χ1) is 7.97. The van der Waals surface area contributed by atoms with E-state index in [2.05, 4.69) is 17.6 Å². The van der Waals surface area contributed by atoms with Gasteiger partial charge in [0.15, 0.2) is 0 Å². The van der Waals surface area contributed by atoms with E-state index in [9.17, 15) is 9.59 Å². The average Bonchev–Trinajstić information content (AvgIpc) is 2.19. The minimum atomic E-state index is -0.830. The summed E-state index contributed by atoms with van der Waals surface area (Å²) in [5, 5.41) is 14.3. The van der Waals surface area contributed by atoms with Gasteiger partial charge in [0.25, 0.3) is 0 Å². The molecule has 1 aliphatic carbocycles. The predicted molar refractivity (Wildman–Crippen MR) is 64.8 cm³/mol. The number of carboxylic acids is 1. The van der Waals surface area contributed by atoms with Crippen molar-refractivity contribution in [2.75, 3.05) is 6.54 Å². The molecule has 1 atom stereocenters. The lowest BCUT2D eigenvalue weighted by atomic mass is 9.75. The number of carbonyl (C=O) groups is 2. The molecule has 0 spiro atoms. The van der Waals surface area contributed by atoms with E-state index in [1.807, 2.05) is 6.92 Å². The van der Waals surface area contributed by atoms with E-state index < -0.39 is 5.97 Å². The van der Waals surface area contributed by atoms with E-state index >= 15 is 0 Å². The summed E-state index contributed by atoms with van der Waals surface area (Å²) in [5.74, 6) is -0.874. The highest BCUT2D eigenvalue weighted by Gasteiger charge is 2.36. The second kappa shape index (κ2) is 5.89. The molecule has 1 rings (SSSR count). The number of hydrogen-bond donors (Lipinski definition) is 3. The quantitative estimate of drug-likeness (QED) is 0.663. The molecular formula is C12H22N2O3. The third kappa shape index (κ3) is 4.24. The number of rotatable bonds is 6. The van der Waals surface area contributed by atoms with Crippen LogP contribution in [0.2, 0.25) is 0 Å². The highest BCUT2D eigenvalue weighted by Crippen LogP contribution is 2.34. The molecule has 0 bridgehead atoms. The van der Waals surface area contributed by atoms with Crippen LogP contribution in [0.5, 0.6) is 0 Å². The lowest BCUT2D eigenvalue weighted by Gasteiger charge is -2.41. The molecular weight excluding hydrogens is 220 g/mol. The number of aliphatic carboxylic acids is 1. The predicted octanol–water partition coefficient (Wildman–Crippen LogP) is 1.73. The standard InChI is InChI=1S/C12H22N2O3/c1-3-12(5-4-6-12)14-11(17)13-8-9(2)7-10(15)16/h9H,3-8H2,1-2H3,(H,15,16)(H2,13,14,17). The summed E-state index contributed by atoms with van der Waals surface area (Å²) in [6.07, 6.45) is 4.29. The SMILES string of the molecule is CCC1(NC(=O)NCC(C)CC(=O)O)CCC1. The van der Waals surface area contributed by atoms with Gasteiger partial charge >= 0.3 is 12.0 Å². The highest BCUT2D eigenvalue weighted by atomic mass is 16.4. The van der Waals surface area contributed by atoms with E-state index in [4.69, 9.17) is 5.11 Å². The second-order valence-electron chi connectivity index (χ2n) is 5.03. The van der Waals surface area contributed by atoms with Crippen molar-refractivity contribution in [3.8, 4) is 0 Å². The number of hydrogen-bond acceptors (Lipinski definition) is 2. The number of carbonyl (C=O) groups excluding carboxylic acids is 1. The summed E-state index contributed by atoms with van der Waals surface area (Å²) in [6.45, 7) is 4.29. The van der Waals surface area contributed by atoms with Crippen molar-refractivity contribution in [3.05, 3.63) is 0 Å². The van der Waals surface area contributed by atoms with Gasteiger partial charge in [0, 0.05) is 18.5 Å². The van der Waals surface area contributed by atoms with Gasteiger partial charge in [-0.2, -0.15) is 0 Å². The Hall–Kier alpha value is -1.26. The van der Waals surface area contributed by atoms with E-state index in [-0.39, 0.29) is 23.9 Å². The molecule has 0 heterocycles. The Morgan fingerprint density at radius 3 is 2.47 bits per heavy atom. The minimum Gasteiger partial charge on any atom is -0.481 e. The fraction of sp³-hybridized carbons (Fsp3) is 0.833. The molecule has 2 amide bonds. The van der Waals surface area contributed by atoms with Crippen LogP contribution >= 0.6 is 0 Å². The van der Waals surface area contributed by atoms with E-state index in [0.29, 0.717) is 6.54 Å². The minimum absolute atomic E-state index is 0.0138. The highest BCUT2D eigenvalue weighted by molar-refractivity contribution is 5.75. The molecule has 1 unspecified atom stereocenters. The molecule has 0 aromatic carbocycles. The second-order valence-corrected chi connectivity index (χ2v) is 5.03. The Morgan fingerprint density at radius 1 is 1.41 bits per heavy atom. The fourth-order valence-electron chi connectivity index (χ4n) is 2.09. The zero-order valence-corrected chi connectivity index (χ0v) is 10.6. The summed E-state index contributed by atoms with van der Waals surface area (Å²) in [5.41, 5.74) is -0.0138. The molecule has 1 saturated carbocycles. The monoisotopic (exact) mass is 242 g/mol. The molecule has 0 aromatic rings. The summed E-state index contributed by atoms with van der Waals surface area (Å²) in [4.78, 5) is 22.1. The number of urea groups is 1. The Morgan fingerprint density at radius 2 is 2.06 bits per heavy atom. The smallest absolute Gasteiger partial charge is 0.315 e. The summed E-state index contributed by atoms with van der Waals surface area (Å²) in [7, 11) is 0. The summed E-state index contributed by atoms with van der Waals surface area (Å²) < 4.78 is 0. The molecule has 5 nitrogen and oxygen atoms in total. The Labute approximate surface area is 102 Å². The summed E-state index contributed by atoms with van der Waals surface area (Å²) in [6, 6.07) is -0.177. The lowest BCUT2D eigenvalue weighted by Crippen LogP contribution is -2.56. The molecule has 17 heavy (non-hydrogen) atoms. The van der Waals surface area contributed by atoms with Gasteiger partial charge in [-0.3, -0.25) is 4.79 Å². The topological polar surface area (TPSA) is 78.4 Å². The largest absolute Gasteiger partial charge is 0.481 e. The average molecular weight is 242 g/mol. The maximum absolute atomic E-state index is 11.6. The van der Waals surface area contributed by atoms with Crippen molar-refractivity contribution in [3.63, 3.8) is 0 Å². The van der Waals surface area contributed by atoms with Crippen LogP contribution in [0, 0.1) is 5.92 Å². The maximum atomic E-state index is 11.6. The molecule has 1 fully saturated rings.